The first-order valence-electron chi connectivity index (χ1n) is 8.36. The number of nitrogens with zero attached hydrogens (tertiary/aromatic N) is 1. The number of fused-ring (bicyclic) bond motifs is 1. The van der Waals surface area contributed by atoms with E-state index in [2.05, 4.69) is 23.5 Å². The molecule has 2 aromatic rings. The second-order valence-electron chi connectivity index (χ2n) is 6.20. The van der Waals surface area contributed by atoms with Gasteiger partial charge < -0.3 is 5.32 Å². The molecular formula is C18H19ClN2O3S. The highest BCUT2D eigenvalue weighted by molar-refractivity contribution is 7.18. The van der Waals surface area contributed by atoms with Gasteiger partial charge >= 0.3 is 0 Å². The van der Waals surface area contributed by atoms with E-state index in [9.17, 15) is 14.9 Å². The zero-order valence-electron chi connectivity index (χ0n) is 13.9. The molecule has 7 heteroatoms. The molecule has 0 radical (unpaired) electrons. The SMILES string of the molecule is CCC(NC(=O)c1cc([N+](=O)[O-])c(Cl)s1)c1ccc2c(c1)CCCC2. The van der Waals surface area contributed by atoms with Gasteiger partial charge in [0.15, 0.2) is 4.34 Å². The number of carbonyl (C=O) groups is 1. The number of rotatable bonds is 5. The van der Waals surface area contributed by atoms with Crippen LogP contribution in [0.1, 0.15) is 58.6 Å². The summed E-state index contributed by atoms with van der Waals surface area (Å²) in [6, 6.07) is 7.53. The molecule has 1 heterocycles. The van der Waals surface area contributed by atoms with Crippen molar-refractivity contribution in [3.63, 3.8) is 0 Å². The Morgan fingerprint density at radius 1 is 1.32 bits per heavy atom. The Hall–Kier alpha value is -1.92. The summed E-state index contributed by atoms with van der Waals surface area (Å²) in [7, 11) is 0. The number of nitrogens with one attached hydrogen (secondary N) is 1. The molecular weight excluding hydrogens is 360 g/mol. The Labute approximate surface area is 155 Å². The lowest BCUT2D eigenvalue weighted by molar-refractivity contribution is -0.384. The van der Waals surface area contributed by atoms with Crippen LogP contribution in [0.4, 0.5) is 5.69 Å². The first kappa shape index (κ1) is 17.9. The Balaban J connectivity index is 1.79. The topological polar surface area (TPSA) is 72.2 Å². The molecule has 25 heavy (non-hydrogen) atoms. The van der Waals surface area contributed by atoms with E-state index in [0.717, 1.165) is 36.2 Å². The number of halogens is 1. The zero-order chi connectivity index (χ0) is 18.0. The molecule has 132 valence electrons. The third kappa shape index (κ3) is 3.85. The van der Waals surface area contributed by atoms with Crippen molar-refractivity contribution in [2.75, 3.05) is 0 Å². The molecule has 0 saturated carbocycles. The summed E-state index contributed by atoms with van der Waals surface area (Å²) >= 11 is 6.78. The number of thiophene rings is 1. The van der Waals surface area contributed by atoms with E-state index in [1.54, 1.807) is 0 Å². The largest absolute Gasteiger partial charge is 0.345 e. The molecule has 1 atom stereocenters. The first-order valence-corrected chi connectivity index (χ1v) is 9.55. The summed E-state index contributed by atoms with van der Waals surface area (Å²) in [5.41, 5.74) is 3.62. The second-order valence-corrected chi connectivity index (χ2v) is 7.85. The minimum absolute atomic E-state index is 0.0250. The van der Waals surface area contributed by atoms with Gasteiger partial charge in [-0.2, -0.15) is 0 Å². The van der Waals surface area contributed by atoms with E-state index in [0.29, 0.717) is 0 Å². The van der Waals surface area contributed by atoms with Crippen molar-refractivity contribution >= 4 is 34.5 Å². The maximum absolute atomic E-state index is 12.5. The fourth-order valence-corrected chi connectivity index (χ4v) is 4.34. The van der Waals surface area contributed by atoms with Gasteiger partial charge in [0, 0.05) is 6.07 Å². The van der Waals surface area contributed by atoms with Gasteiger partial charge in [0.25, 0.3) is 11.6 Å². The number of hydrogen-bond donors (Lipinski definition) is 1. The first-order chi connectivity index (χ1) is 12.0. The molecule has 0 spiro atoms. The fourth-order valence-electron chi connectivity index (χ4n) is 3.22. The number of carbonyl (C=O) groups excluding carboxylic acids is 1. The number of hydrogen-bond acceptors (Lipinski definition) is 4. The van der Waals surface area contributed by atoms with Crippen LogP contribution < -0.4 is 5.32 Å². The number of nitro groups is 1. The van der Waals surface area contributed by atoms with E-state index >= 15 is 0 Å². The van der Waals surface area contributed by atoms with E-state index in [1.165, 1.54) is 30.0 Å². The van der Waals surface area contributed by atoms with Crippen LogP contribution in [0.25, 0.3) is 0 Å². The second kappa shape index (κ2) is 7.54. The number of amides is 1. The lowest BCUT2D eigenvalue weighted by atomic mass is 9.89. The lowest BCUT2D eigenvalue weighted by Crippen LogP contribution is -2.27. The average Bonchev–Trinajstić information content (AvgIpc) is 3.01. The van der Waals surface area contributed by atoms with Crippen molar-refractivity contribution in [3.8, 4) is 0 Å². The van der Waals surface area contributed by atoms with Crippen molar-refractivity contribution < 1.29 is 9.72 Å². The third-order valence-corrected chi connectivity index (χ3v) is 5.91. The van der Waals surface area contributed by atoms with Crippen molar-refractivity contribution in [3.05, 3.63) is 60.3 Å². The van der Waals surface area contributed by atoms with Gasteiger partial charge in [0.05, 0.1) is 11.0 Å². The maximum atomic E-state index is 12.5. The Morgan fingerprint density at radius 2 is 2.04 bits per heavy atom. The summed E-state index contributed by atoms with van der Waals surface area (Å²) in [6.45, 7) is 2.01. The standard InChI is InChI=1S/C18H19ClN2O3S/c1-2-14(13-8-7-11-5-3-4-6-12(11)9-13)20-18(22)16-10-15(21(23)24)17(19)25-16/h7-10,14H,2-6H2,1H3,(H,20,22). The summed E-state index contributed by atoms with van der Waals surface area (Å²) in [5, 5.41) is 13.9. The van der Waals surface area contributed by atoms with E-state index in [4.69, 9.17) is 11.6 Å². The molecule has 1 N–H and O–H groups in total. The van der Waals surface area contributed by atoms with Gasteiger partial charge in [-0.15, -0.1) is 11.3 Å². The van der Waals surface area contributed by atoms with Crippen LogP contribution in [0, 0.1) is 10.1 Å². The van der Waals surface area contributed by atoms with E-state index < -0.39 is 4.92 Å². The van der Waals surface area contributed by atoms with E-state index in [-0.39, 0.29) is 26.8 Å². The van der Waals surface area contributed by atoms with Gasteiger partial charge in [0.2, 0.25) is 0 Å². The van der Waals surface area contributed by atoms with Gasteiger partial charge in [-0.05, 0) is 48.8 Å². The van der Waals surface area contributed by atoms with Gasteiger partial charge in [-0.3, -0.25) is 14.9 Å². The number of aryl methyl sites for hydroxylation is 2. The van der Waals surface area contributed by atoms with Gasteiger partial charge in [0.1, 0.15) is 4.88 Å². The summed E-state index contributed by atoms with van der Waals surface area (Å²) in [4.78, 5) is 23.1. The molecule has 0 bridgehead atoms. The molecule has 1 aliphatic rings. The Bertz CT molecular complexity index is 819. The quantitative estimate of drug-likeness (QED) is 0.583. The molecule has 1 unspecified atom stereocenters. The highest BCUT2D eigenvalue weighted by atomic mass is 35.5. The van der Waals surface area contributed by atoms with Crippen LogP contribution in [0.3, 0.4) is 0 Å². The molecule has 5 nitrogen and oxygen atoms in total. The molecule has 3 rings (SSSR count). The predicted octanol–water partition coefficient (Wildman–Crippen LogP) is 5.07. The fraction of sp³-hybridized carbons (Fsp3) is 0.389. The molecule has 1 amide bonds. The molecule has 0 fully saturated rings. The van der Waals surface area contributed by atoms with Crippen LogP contribution >= 0.6 is 22.9 Å². The van der Waals surface area contributed by atoms with Gasteiger partial charge in [-0.25, -0.2) is 0 Å². The molecule has 1 aliphatic carbocycles. The maximum Gasteiger partial charge on any atom is 0.299 e. The molecule has 1 aromatic heterocycles. The summed E-state index contributed by atoms with van der Waals surface area (Å²) in [5.74, 6) is -0.329. The van der Waals surface area contributed by atoms with Crippen LogP contribution in [0.2, 0.25) is 4.34 Å². The summed E-state index contributed by atoms with van der Waals surface area (Å²) < 4.78 is 0.0250. The smallest absolute Gasteiger partial charge is 0.299 e. The van der Waals surface area contributed by atoms with Crippen LogP contribution in [-0.2, 0) is 12.8 Å². The average molecular weight is 379 g/mol. The highest BCUT2D eigenvalue weighted by Crippen LogP contribution is 2.34. The van der Waals surface area contributed by atoms with Crippen molar-refractivity contribution in [1.82, 2.24) is 5.32 Å². The third-order valence-electron chi connectivity index (χ3n) is 4.58. The summed E-state index contributed by atoms with van der Waals surface area (Å²) in [6.07, 6.45) is 5.39. The van der Waals surface area contributed by atoms with Crippen LogP contribution in [0.15, 0.2) is 24.3 Å². The lowest BCUT2D eigenvalue weighted by Gasteiger charge is -2.21. The Morgan fingerprint density at radius 3 is 2.68 bits per heavy atom. The molecule has 0 aliphatic heterocycles. The van der Waals surface area contributed by atoms with Crippen molar-refractivity contribution in [2.24, 2.45) is 0 Å². The molecule has 1 aromatic carbocycles. The van der Waals surface area contributed by atoms with Gasteiger partial charge in [-0.1, -0.05) is 36.7 Å². The minimum Gasteiger partial charge on any atom is -0.345 e. The van der Waals surface area contributed by atoms with Crippen LogP contribution in [0.5, 0.6) is 0 Å². The van der Waals surface area contributed by atoms with E-state index in [1.807, 2.05) is 6.92 Å². The number of benzene rings is 1. The zero-order valence-corrected chi connectivity index (χ0v) is 15.5. The Kier molecular flexibility index (Phi) is 5.39. The highest BCUT2D eigenvalue weighted by Gasteiger charge is 2.23. The van der Waals surface area contributed by atoms with Crippen LogP contribution in [-0.4, -0.2) is 10.8 Å². The monoisotopic (exact) mass is 378 g/mol. The predicted molar refractivity (Wildman–Crippen MR) is 99.6 cm³/mol. The minimum atomic E-state index is -0.573. The normalized spacial score (nSPS) is 14.6. The molecule has 0 saturated heterocycles. The van der Waals surface area contributed by atoms with Crippen molar-refractivity contribution in [2.45, 2.75) is 45.1 Å². The van der Waals surface area contributed by atoms with Crippen molar-refractivity contribution in [1.29, 1.82) is 0 Å².